The Kier molecular flexibility index (Phi) is 1.27. The van der Waals surface area contributed by atoms with Gasteiger partial charge in [-0.3, -0.25) is 0 Å². The molecule has 1 saturated carbocycles. The second kappa shape index (κ2) is 2.42. The third-order valence-electron chi connectivity index (χ3n) is 3.94. The third kappa shape index (κ3) is 0.913. The number of fused-ring (bicyclic) bond motifs is 2. The number of imidazole rings is 1. The van der Waals surface area contributed by atoms with Crippen LogP contribution in [0.3, 0.4) is 0 Å². The van der Waals surface area contributed by atoms with Crippen molar-refractivity contribution in [3.8, 4) is 0 Å². The fourth-order valence-corrected chi connectivity index (χ4v) is 2.91. The number of nitrogens with one attached hydrogen (secondary N) is 1. The molecule has 2 aromatic heterocycles. The predicted molar refractivity (Wildman–Crippen MR) is 57.8 cm³/mol. The molecule has 0 bridgehead atoms. The molecule has 0 amide bonds. The Morgan fingerprint density at radius 3 is 3.20 bits per heavy atom. The minimum Gasteiger partial charge on any atom is -0.315 e. The largest absolute Gasteiger partial charge is 0.315 e. The molecule has 1 aliphatic carbocycles. The van der Waals surface area contributed by atoms with Gasteiger partial charge in [0, 0.05) is 24.4 Å². The Hall–Kier alpha value is -1.35. The summed E-state index contributed by atoms with van der Waals surface area (Å²) in [5, 5.41) is 3.46. The minimum absolute atomic E-state index is 0.381. The summed E-state index contributed by atoms with van der Waals surface area (Å²) >= 11 is 0. The molecule has 4 rings (SSSR count). The van der Waals surface area contributed by atoms with Crippen molar-refractivity contribution in [1.82, 2.24) is 14.7 Å². The molecule has 3 heterocycles. The van der Waals surface area contributed by atoms with E-state index in [1.807, 2.05) is 12.1 Å². The predicted octanol–water partition coefficient (Wildman–Crippen LogP) is 1.20. The zero-order chi connectivity index (χ0) is 9.88. The molecular formula is C12H13N3. The fraction of sp³-hybridized carbons (Fsp3) is 0.417. The van der Waals surface area contributed by atoms with Crippen LogP contribution in [0.4, 0.5) is 0 Å². The molecule has 1 N–H and O–H groups in total. The van der Waals surface area contributed by atoms with Gasteiger partial charge in [-0.15, -0.1) is 0 Å². The van der Waals surface area contributed by atoms with Crippen LogP contribution in [-0.4, -0.2) is 22.5 Å². The van der Waals surface area contributed by atoms with E-state index in [9.17, 15) is 0 Å². The first-order chi connectivity index (χ1) is 7.38. The maximum atomic E-state index is 4.73. The van der Waals surface area contributed by atoms with Crippen LogP contribution < -0.4 is 5.32 Å². The molecule has 0 radical (unpaired) electrons. The molecule has 0 spiro atoms. The summed E-state index contributed by atoms with van der Waals surface area (Å²) in [5.41, 5.74) is 2.73. The number of aromatic nitrogens is 2. The van der Waals surface area contributed by atoms with Gasteiger partial charge in [0.05, 0.1) is 5.69 Å². The Balaban J connectivity index is 1.89. The lowest BCUT2D eigenvalue weighted by molar-refractivity contribution is 0.661. The fourth-order valence-electron chi connectivity index (χ4n) is 2.91. The summed E-state index contributed by atoms with van der Waals surface area (Å²) in [4.78, 5) is 4.73. The molecule has 2 fully saturated rings. The van der Waals surface area contributed by atoms with E-state index in [0.29, 0.717) is 5.41 Å². The lowest BCUT2D eigenvalue weighted by Gasteiger charge is -2.06. The highest BCUT2D eigenvalue weighted by Crippen LogP contribution is 2.55. The van der Waals surface area contributed by atoms with Crippen LogP contribution in [0.15, 0.2) is 30.6 Å². The average molecular weight is 199 g/mol. The zero-order valence-corrected chi connectivity index (χ0v) is 8.48. The van der Waals surface area contributed by atoms with Crippen LogP contribution in [0, 0.1) is 5.92 Å². The molecule has 2 aromatic rings. The van der Waals surface area contributed by atoms with Gasteiger partial charge in [-0.05, 0) is 31.0 Å². The van der Waals surface area contributed by atoms with Gasteiger partial charge in [0.15, 0.2) is 0 Å². The molecule has 15 heavy (non-hydrogen) atoms. The molecule has 2 atom stereocenters. The van der Waals surface area contributed by atoms with Crippen molar-refractivity contribution in [2.24, 2.45) is 5.92 Å². The number of pyridine rings is 1. The van der Waals surface area contributed by atoms with Crippen LogP contribution >= 0.6 is 0 Å². The van der Waals surface area contributed by atoms with E-state index in [2.05, 4.69) is 28.2 Å². The highest BCUT2D eigenvalue weighted by atomic mass is 15.1. The highest BCUT2D eigenvalue weighted by Gasteiger charge is 2.59. The van der Waals surface area contributed by atoms with E-state index in [1.54, 1.807) is 0 Å². The van der Waals surface area contributed by atoms with Gasteiger partial charge in [-0.25, -0.2) is 4.98 Å². The van der Waals surface area contributed by atoms with Gasteiger partial charge in [0.2, 0.25) is 0 Å². The van der Waals surface area contributed by atoms with E-state index in [0.717, 1.165) is 18.1 Å². The molecule has 1 aliphatic heterocycles. The van der Waals surface area contributed by atoms with Crippen molar-refractivity contribution < 1.29 is 0 Å². The summed E-state index contributed by atoms with van der Waals surface area (Å²) in [5.74, 6) is 0.836. The minimum atomic E-state index is 0.381. The molecule has 2 aliphatic rings. The second-order valence-electron chi connectivity index (χ2n) is 4.78. The van der Waals surface area contributed by atoms with Crippen molar-refractivity contribution >= 4 is 5.65 Å². The number of rotatable bonds is 1. The van der Waals surface area contributed by atoms with E-state index < -0.39 is 0 Å². The van der Waals surface area contributed by atoms with Crippen LogP contribution in [0.25, 0.3) is 5.65 Å². The first kappa shape index (κ1) is 7.88. The molecule has 3 heteroatoms. The topological polar surface area (TPSA) is 29.3 Å². The van der Waals surface area contributed by atoms with Crippen molar-refractivity contribution in [2.75, 3.05) is 13.1 Å². The second-order valence-corrected chi connectivity index (χ2v) is 4.78. The van der Waals surface area contributed by atoms with Crippen molar-refractivity contribution in [2.45, 2.75) is 11.8 Å². The normalized spacial score (nSPS) is 33.2. The SMILES string of the molecule is c1ccn2cc(C34CNCC3C4)nc2c1. The summed E-state index contributed by atoms with van der Waals surface area (Å²) in [6, 6.07) is 6.16. The lowest BCUT2D eigenvalue weighted by Crippen LogP contribution is -2.19. The molecular weight excluding hydrogens is 186 g/mol. The lowest BCUT2D eigenvalue weighted by atomic mass is 10.0. The number of nitrogens with zero attached hydrogens (tertiary/aromatic N) is 2. The van der Waals surface area contributed by atoms with Gasteiger partial charge in [-0.1, -0.05) is 6.07 Å². The van der Waals surface area contributed by atoms with Crippen molar-refractivity contribution in [3.63, 3.8) is 0 Å². The monoisotopic (exact) mass is 199 g/mol. The van der Waals surface area contributed by atoms with Gasteiger partial charge in [0.25, 0.3) is 0 Å². The Labute approximate surface area is 88.1 Å². The summed E-state index contributed by atoms with van der Waals surface area (Å²) in [7, 11) is 0. The standard InChI is InChI=1S/C12H13N3/c1-2-4-15-7-10(14-11(15)3-1)12-5-9(12)6-13-8-12/h1-4,7,9,13H,5-6,8H2. The Morgan fingerprint density at radius 2 is 2.47 bits per heavy atom. The maximum Gasteiger partial charge on any atom is 0.136 e. The van der Waals surface area contributed by atoms with E-state index in [4.69, 9.17) is 4.98 Å². The third-order valence-corrected chi connectivity index (χ3v) is 3.94. The van der Waals surface area contributed by atoms with Crippen LogP contribution in [-0.2, 0) is 5.41 Å². The highest BCUT2D eigenvalue weighted by molar-refractivity contribution is 5.44. The smallest absolute Gasteiger partial charge is 0.136 e. The summed E-state index contributed by atoms with van der Waals surface area (Å²) in [6.07, 6.45) is 5.59. The molecule has 3 nitrogen and oxygen atoms in total. The maximum absolute atomic E-state index is 4.73. The van der Waals surface area contributed by atoms with Crippen LogP contribution in [0.5, 0.6) is 0 Å². The number of hydrogen-bond acceptors (Lipinski definition) is 2. The molecule has 1 saturated heterocycles. The average Bonchev–Trinajstić information content (AvgIpc) is 2.68. The Bertz CT molecular complexity index is 497. The first-order valence-corrected chi connectivity index (χ1v) is 5.53. The zero-order valence-electron chi connectivity index (χ0n) is 8.48. The molecule has 76 valence electrons. The number of piperidine rings is 1. The van der Waals surface area contributed by atoms with Gasteiger partial charge in [-0.2, -0.15) is 0 Å². The van der Waals surface area contributed by atoms with Crippen LogP contribution in [0.2, 0.25) is 0 Å². The summed E-state index contributed by atoms with van der Waals surface area (Å²) < 4.78 is 2.12. The summed E-state index contributed by atoms with van der Waals surface area (Å²) in [6.45, 7) is 2.29. The van der Waals surface area contributed by atoms with E-state index >= 15 is 0 Å². The molecule has 2 unspecified atom stereocenters. The van der Waals surface area contributed by atoms with Gasteiger partial charge in [0.1, 0.15) is 5.65 Å². The quantitative estimate of drug-likeness (QED) is 0.747. The van der Waals surface area contributed by atoms with Crippen molar-refractivity contribution in [1.29, 1.82) is 0 Å². The van der Waals surface area contributed by atoms with Crippen LogP contribution in [0.1, 0.15) is 12.1 Å². The molecule has 0 aromatic carbocycles. The van der Waals surface area contributed by atoms with Gasteiger partial charge < -0.3 is 9.72 Å². The van der Waals surface area contributed by atoms with Crippen molar-refractivity contribution in [3.05, 3.63) is 36.3 Å². The van der Waals surface area contributed by atoms with Gasteiger partial charge >= 0.3 is 0 Å². The first-order valence-electron chi connectivity index (χ1n) is 5.53. The van der Waals surface area contributed by atoms with E-state index in [1.165, 1.54) is 18.7 Å². The van der Waals surface area contributed by atoms with E-state index in [-0.39, 0.29) is 0 Å². The Morgan fingerprint density at radius 1 is 1.47 bits per heavy atom. The number of hydrogen-bond donors (Lipinski definition) is 1.